The summed E-state index contributed by atoms with van der Waals surface area (Å²) in [4.78, 5) is 1.44. The predicted octanol–water partition coefficient (Wildman–Crippen LogP) is 2.24. The fraction of sp³-hybridized carbons (Fsp3) is 0.364. The van der Waals surface area contributed by atoms with Crippen LogP contribution in [0.1, 0.15) is 17.0 Å². The molecule has 15 heavy (non-hydrogen) atoms. The average Bonchev–Trinajstić information content (AvgIpc) is 2.79. The van der Waals surface area contributed by atoms with E-state index in [4.69, 9.17) is 5.73 Å². The van der Waals surface area contributed by atoms with Gasteiger partial charge in [-0.15, -0.1) is 11.3 Å². The number of thiophene rings is 1. The summed E-state index contributed by atoms with van der Waals surface area (Å²) in [5.41, 5.74) is 6.80. The molecule has 0 aromatic carbocycles. The van der Waals surface area contributed by atoms with E-state index in [2.05, 4.69) is 22.6 Å². The highest BCUT2D eigenvalue weighted by Crippen LogP contribution is 2.13. The first-order valence-corrected chi connectivity index (χ1v) is 5.94. The molecule has 0 saturated heterocycles. The first-order chi connectivity index (χ1) is 7.25. The standard InChI is InChI=1S/C11H15N3S/c1-14-11(12)8-9(13-14)4-2-5-10-6-3-7-15-10/h3,6-8H,2,4-5,12H2,1H3. The number of hydrogen-bond donors (Lipinski definition) is 1. The lowest BCUT2D eigenvalue weighted by Gasteiger charge is -1.95. The summed E-state index contributed by atoms with van der Waals surface area (Å²) in [6.07, 6.45) is 3.27. The van der Waals surface area contributed by atoms with Gasteiger partial charge in [-0.1, -0.05) is 6.07 Å². The van der Waals surface area contributed by atoms with Crippen molar-refractivity contribution in [1.82, 2.24) is 9.78 Å². The van der Waals surface area contributed by atoms with Crippen LogP contribution in [0, 0.1) is 0 Å². The largest absolute Gasteiger partial charge is 0.384 e. The smallest absolute Gasteiger partial charge is 0.121 e. The molecule has 2 rings (SSSR count). The number of aromatic nitrogens is 2. The Morgan fingerprint density at radius 3 is 2.93 bits per heavy atom. The molecular formula is C11H15N3S. The molecule has 2 heterocycles. The molecule has 2 aromatic rings. The van der Waals surface area contributed by atoms with Gasteiger partial charge in [-0.25, -0.2) is 0 Å². The second-order valence-electron chi connectivity index (χ2n) is 3.62. The topological polar surface area (TPSA) is 43.8 Å². The van der Waals surface area contributed by atoms with Crippen LogP contribution in [0.4, 0.5) is 5.82 Å². The van der Waals surface area contributed by atoms with Gasteiger partial charge in [-0.3, -0.25) is 4.68 Å². The Hall–Kier alpha value is -1.29. The number of aryl methyl sites for hydroxylation is 3. The lowest BCUT2D eigenvalue weighted by molar-refractivity contribution is 0.727. The molecule has 80 valence electrons. The van der Waals surface area contributed by atoms with Gasteiger partial charge in [-0.05, 0) is 30.7 Å². The van der Waals surface area contributed by atoms with Crippen molar-refractivity contribution in [3.05, 3.63) is 34.2 Å². The minimum atomic E-state index is 0.737. The Bertz CT molecular complexity index is 397. The van der Waals surface area contributed by atoms with Crippen molar-refractivity contribution in [2.24, 2.45) is 7.05 Å². The van der Waals surface area contributed by atoms with Crippen LogP contribution in [0.25, 0.3) is 0 Å². The average molecular weight is 221 g/mol. The predicted molar refractivity (Wildman–Crippen MR) is 64.0 cm³/mol. The van der Waals surface area contributed by atoms with Gasteiger partial charge in [0.1, 0.15) is 5.82 Å². The van der Waals surface area contributed by atoms with Crippen molar-refractivity contribution in [3.63, 3.8) is 0 Å². The minimum Gasteiger partial charge on any atom is -0.384 e. The van der Waals surface area contributed by atoms with E-state index < -0.39 is 0 Å². The first-order valence-electron chi connectivity index (χ1n) is 5.06. The van der Waals surface area contributed by atoms with Crippen molar-refractivity contribution in [2.45, 2.75) is 19.3 Å². The van der Waals surface area contributed by atoms with Crippen LogP contribution < -0.4 is 5.73 Å². The lowest BCUT2D eigenvalue weighted by atomic mass is 10.2. The third-order valence-corrected chi connectivity index (χ3v) is 3.34. The van der Waals surface area contributed by atoms with Crippen LogP contribution in [0.15, 0.2) is 23.6 Å². The Morgan fingerprint density at radius 2 is 2.33 bits per heavy atom. The molecular weight excluding hydrogens is 206 g/mol. The van der Waals surface area contributed by atoms with Gasteiger partial charge >= 0.3 is 0 Å². The van der Waals surface area contributed by atoms with Crippen LogP contribution >= 0.6 is 11.3 Å². The van der Waals surface area contributed by atoms with Gasteiger partial charge in [0, 0.05) is 18.0 Å². The maximum Gasteiger partial charge on any atom is 0.121 e. The second kappa shape index (κ2) is 4.49. The summed E-state index contributed by atoms with van der Waals surface area (Å²) in [5.74, 6) is 0.737. The third-order valence-electron chi connectivity index (χ3n) is 2.40. The van der Waals surface area contributed by atoms with E-state index in [1.165, 1.54) is 4.88 Å². The van der Waals surface area contributed by atoms with E-state index in [0.717, 1.165) is 30.8 Å². The number of nitrogens with two attached hydrogens (primary N) is 1. The molecule has 0 aliphatic heterocycles. The zero-order valence-electron chi connectivity index (χ0n) is 8.81. The summed E-state index contributed by atoms with van der Waals surface area (Å²) in [5, 5.41) is 6.44. The maximum atomic E-state index is 5.71. The molecule has 0 spiro atoms. The summed E-state index contributed by atoms with van der Waals surface area (Å²) in [6.45, 7) is 0. The molecule has 2 N–H and O–H groups in total. The van der Waals surface area contributed by atoms with Crippen molar-refractivity contribution < 1.29 is 0 Å². The van der Waals surface area contributed by atoms with E-state index in [-0.39, 0.29) is 0 Å². The molecule has 0 atom stereocenters. The Balaban J connectivity index is 1.83. The van der Waals surface area contributed by atoms with Crippen LogP contribution in [0.5, 0.6) is 0 Å². The van der Waals surface area contributed by atoms with Crippen molar-refractivity contribution in [2.75, 3.05) is 5.73 Å². The molecule has 3 nitrogen and oxygen atoms in total. The summed E-state index contributed by atoms with van der Waals surface area (Å²) in [7, 11) is 1.87. The molecule has 0 radical (unpaired) electrons. The van der Waals surface area contributed by atoms with Crippen LogP contribution in [-0.4, -0.2) is 9.78 Å². The number of nitrogen functional groups attached to an aromatic ring is 1. The summed E-state index contributed by atoms with van der Waals surface area (Å²) in [6, 6.07) is 6.23. The van der Waals surface area contributed by atoms with Gasteiger partial charge in [0.05, 0.1) is 5.69 Å². The molecule has 0 unspecified atom stereocenters. The fourth-order valence-electron chi connectivity index (χ4n) is 1.56. The van der Waals surface area contributed by atoms with Crippen molar-refractivity contribution in [1.29, 1.82) is 0 Å². The molecule has 4 heteroatoms. The highest BCUT2D eigenvalue weighted by molar-refractivity contribution is 7.09. The zero-order chi connectivity index (χ0) is 10.7. The molecule has 0 amide bonds. The Morgan fingerprint density at radius 1 is 1.47 bits per heavy atom. The lowest BCUT2D eigenvalue weighted by Crippen LogP contribution is -1.97. The van der Waals surface area contributed by atoms with E-state index in [1.807, 2.05) is 24.5 Å². The van der Waals surface area contributed by atoms with Gasteiger partial charge in [0.25, 0.3) is 0 Å². The fourth-order valence-corrected chi connectivity index (χ4v) is 2.32. The highest BCUT2D eigenvalue weighted by Gasteiger charge is 2.01. The van der Waals surface area contributed by atoms with Crippen molar-refractivity contribution >= 4 is 17.2 Å². The highest BCUT2D eigenvalue weighted by atomic mass is 32.1. The minimum absolute atomic E-state index is 0.737. The molecule has 0 aliphatic carbocycles. The van der Waals surface area contributed by atoms with E-state index >= 15 is 0 Å². The monoisotopic (exact) mass is 221 g/mol. The molecule has 0 fully saturated rings. The van der Waals surface area contributed by atoms with Crippen LogP contribution in [0.3, 0.4) is 0 Å². The van der Waals surface area contributed by atoms with Gasteiger partial charge in [0.2, 0.25) is 0 Å². The number of hydrogen-bond acceptors (Lipinski definition) is 3. The van der Waals surface area contributed by atoms with Gasteiger partial charge in [0.15, 0.2) is 0 Å². The van der Waals surface area contributed by atoms with E-state index in [9.17, 15) is 0 Å². The quantitative estimate of drug-likeness (QED) is 0.860. The number of anilines is 1. The Kier molecular flexibility index (Phi) is 3.06. The molecule has 0 bridgehead atoms. The first kappa shape index (κ1) is 10.2. The van der Waals surface area contributed by atoms with Gasteiger partial charge < -0.3 is 5.73 Å². The Labute approximate surface area is 93.5 Å². The normalized spacial score (nSPS) is 10.7. The molecule has 0 saturated carbocycles. The summed E-state index contributed by atoms with van der Waals surface area (Å²) < 4.78 is 1.72. The maximum absolute atomic E-state index is 5.71. The van der Waals surface area contributed by atoms with E-state index in [1.54, 1.807) is 4.68 Å². The van der Waals surface area contributed by atoms with Crippen LogP contribution in [-0.2, 0) is 19.9 Å². The van der Waals surface area contributed by atoms with E-state index in [0.29, 0.717) is 0 Å². The molecule has 2 aromatic heterocycles. The SMILES string of the molecule is Cn1nc(CCCc2cccs2)cc1N. The zero-order valence-corrected chi connectivity index (χ0v) is 9.63. The van der Waals surface area contributed by atoms with Gasteiger partial charge in [-0.2, -0.15) is 5.10 Å². The van der Waals surface area contributed by atoms with Crippen molar-refractivity contribution in [3.8, 4) is 0 Å². The third kappa shape index (κ3) is 2.59. The molecule has 0 aliphatic rings. The summed E-state index contributed by atoms with van der Waals surface area (Å²) >= 11 is 1.82. The van der Waals surface area contributed by atoms with Crippen LogP contribution in [0.2, 0.25) is 0 Å². The second-order valence-corrected chi connectivity index (χ2v) is 4.65. The number of rotatable bonds is 4. The number of nitrogens with zero attached hydrogens (tertiary/aromatic N) is 2.